The fourth-order valence-corrected chi connectivity index (χ4v) is 4.18. The fraction of sp³-hybridized carbons (Fsp3) is 0.556. The summed E-state index contributed by atoms with van der Waals surface area (Å²) in [5, 5.41) is 1.03. The van der Waals surface area contributed by atoms with Crippen molar-refractivity contribution in [2.24, 2.45) is 5.41 Å². The van der Waals surface area contributed by atoms with Gasteiger partial charge in [0.2, 0.25) is 11.8 Å². The Balaban J connectivity index is 1.65. The third kappa shape index (κ3) is 3.46. The Labute approximate surface area is 152 Å². The molecule has 0 radical (unpaired) electrons. The molecule has 0 atom stereocenters. The summed E-state index contributed by atoms with van der Waals surface area (Å²) in [6.45, 7) is 0.917. The molecule has 24 heavy (non-hydrogen) atoms. The highest BCUT2D eigenvalue weighted by molar-refractivity contribution is 6.42. The first-order chi connectivity index (χ1) is 11.4. The van der Waals surface area contributed by atoms with Crippen molar-refractivity contribution in [3.05, 3.63) is 33.8 Å². The Hall–Kier alpha value is -1.10. The minimum Gasteiger partial charge on any atom is -0.284 e. The maximum absolute atomic E-state index is 12.8. The minimum absolute atomic E-state index is 0.0215. The van der Waals surface area contributed by atoms with Crippen molar-refractivity contribution in [1.82, 2.24) is 9.80 Å². The van der Waals surface area contributed by atoms with E-state index in [1.165, 1.54) is 11.3 Å². The summed E-state index contributed by atoms with van der Waals surface area (Å²) in [7, 11) is 1.90. The van der Waals surface area contributed by atoms with Crippen molar-refractivity contribution in [3.8, 4) is 0 Å². The largest absolute Gasteiger partial charge is 0.284 e. The number of benzene rings is 1. The highest BCUT2D eigenvalue weighted by atomic mass is 35.5. The first kappa shape index (κ1) is 17.7. The molecule has 1 heterocycles. The molecule has 1 aliphatic carbocycles. The van der Waals surface area contributed by atoms with E-state index in [1.807, 2.05) is 24.1 Å². The molecule has 0 bridgehead atoms. The molecule has 2 aliphatic rings. The quantitative estimate of drug-likeness (QED) is 0.751. The molecule has 1 saturated carbocycles. The molecular weight excluding hydrogens is 347 g/mol. The number of halogens is 2. The van der Waals surface area contributed by atoms with Crippen molar-refractivity contribution < 1.29 is 9.59 Å². The van der Waals surface area contributed by atoms with Gasteiger partial charge in [0.25, 0.3) is 0 Å². The van der Waals surface area contributed by atoms with Gasteiger partial charge < -0.3 is 0 Å². The van der Waals surface area contributed by atoms with Crippen LogP contribution in [-0.4, -0.2) is 35.3 Å². The summed E-state index contributed by atoms with van der Waals surface area (Å²) < 4.78 is 0. The van der Waals surface area contributed by atoms with Crippen LogP contribution in [0.1, 0.15) is 44.1 Å². The molecule has 0 aromatic heterocycles. The molecule has 130 valence electrons. The van der Waals surface area contributed by atoms with E-state index in [2.05, 4.69) is 0 Å². The van der Waals surface area contributed by atoms with E-state index in [4.69, 9.17) is 23.2 Å². The molecule has 0 unspecified atom stereocenters. The summed E-state index contributed by atoms with van der Waals surface area (Å²) >= 11 is 12.0. The number of hydrogen-bond donors (Lipinski definition) is 0. The summed E-state index contributed by atoms with van der Waals surface area (Å²) in [5.74, 6) is -0.0175. The second-order valence-electron chi connectivity index (χ2n) is 7.05. The Kier molecular flexibility index (Phi) is 5.19. The van der Waals surface area contributed by atoms with Crippen molar-refractivity contribution in [3.63, 3.8) is 0 Å². The molecule has 1 aliphatic heterocycles. The molecular formula is C18H22Cl2N2O2. The molecule has 0 N–H and O–H groups in total. The Morgan fingerprint density at radius 1 is 1.12 bits per heavy atom. The number of imide groups is 1. The standard InChI is InChI=1S/C18H22Cl2N2O2/c1-21(11-13-5-6-14(19)15(20)9-13)12-22-16(23)10-18(17(22)24)7-3-2-4-8-18/h5-6,9H,2-4,7-8,10-12H2,1H3. The smallest absolute Gasteiger partial charge is 0.237 e. The van der Waals surface area contributed by atoms with Crippen LogP contribution in [0.2, 0.25) is 10.0 Å². The molecule has 1 aromatic rings. The first-order valence-electron chi connectivity index (χ1n) is 8.39. The van der Waals surface area contributed by atoms with E-state index in [0.29, 0.717) is 29.7 Å². The first-order valence-corrected chi connectivity index (χ1v) is 9.14. The van der Waals surface area contributed by atoms with Crippen molar-refractivity contribution >= 4 is 35.0 Å². The summed E-state index contributed by atoms with van der Waals surface area (Å²) in [6.07, 6.45) is 5.35. The minimum atomic E-state index is -0.417. The molecule has 4 nitrogen and oxygen atoms in total. The van der Waals surface area contributed by atoms with Gasteiger partial charge in [0.15, 0.2) is 0 Å². The zero-order valence-electron chi connectivity index (χ0n) is 13.9. The lowest BCUT2D eigenvalue weighted by molar-refractivity contribution is -0.144. The number of carbonyl (C=O) groups excluding carboxylic acids is 2. The monoisotopic (exact) mass is 368 g/mol. The van der Waals surface area contributed by atoms with E-state index in [0.717, 1.165) is 31.2 Å². The van der Waals surface area contributed by atoms with Gasteiger partial charge in [-0.05, 0) is 37.6 Å². The molecule has 2 amide bonds. The molecule has 2 fully saturated rings. The molecule has 1 spiro atoms. The van der Waals surface area contributed by atoms with Gasteiger partial charge in [-0.15, -0.1) is 0 Å². The lowest BCUT2D eigenvalue weighted by Crippen LogP contribution is -2.42. The van der Waals surface area contributed by atoms with Crippen molar-refractivity contribution in [1.29, 1.82) is 0 Å². The lowest BCUT2D eigenvalue weighted by atomic mass is 9.73. The SMILES string of the molecule is CN(Cc1ccc(Cl)c(Cl)c1)CN1C(=O)CC2(CCCCC2)C1=O. The Bertz CT molecular complexity index is 656. The number of carbonyl (C=O) groups is 2. The van der Waals surface area contributed by atoms with Crippen molar-refractivity contribution in [2.75, 3.05) is 13.7 Å². The second-order valence-corrected chi connectivity index (χ2v) is 7.86. The highest BCUT2D eigenvalue weighted by Crippen LogP contribution is 2.45. The van der Waals surface area contributed by atoms with Crippen LogP contribution < -0.4 is 0 Å². The summed E-state index contributed by atoms with van der Waals surface area (Å²) in [6, 6.07) is 5.48. The Morgan fingerprint density at radius 3 is 2.50 bits per heavy atom. The van der Waals surface area contributed by atoms with Gasteiger partial charge in [0.05, 0.1) is 22.1 Å². The third-order valence-electron chi connectivity index (χ3n) is 5.12. The van der Waals surface area contributed by atoms with Crippen LogP contribution in [-0.2, 0) is 16.1 Å². The second kappa shape index (κ2) is 7.03. The van der Waals surface area contributed by atoms with Gasteiger partial charge in [0.1, 0.15) is 0 Å². The van der Waals surface area contributed by atoms with E-state index >= 15 is 0 Å². The van der Waals surface area contributed by atoms with Crippen molar-refractivity contribution in [2.45, 2.75) is 45.1 Å². The highest BCUT2D eigenvalue weighted by Gasteiger charge is 2.51. The normalized spacial score (nSPS) is 20.4. The number of amides is 2. The van der Waals surface area contributed by atoms with Gasteiger partial charge in [-0.3, -0.25) is 19.4 Å². The average Bonchev–Trinajstić information content (AvgIpc) is 2.76. The molecule has 1 aromatic carbocycles. The van der Waals surface area contributed by atoms with Gasteiger partial charge in [-0.25, -0.2) is 0 Å². The fourth-order valence-electron chi connectivity index (χ4n) is 3.86. The maximum atomic E-state index is 12.8. The van der Waals surface area contributed by atoms with Crippen LogP contribution in [0.15, 0.2) is 18.2 Å². The van der Waals surface area contributed by atoms with Gasteiger partial charge in [-0.1, -0.05) is 48.5 Å². The number of hydrogen-bond acceptors (Lipinski definition) is 3. The molecule has 1 saturated heterocycles. The van der Waals surface area contributed by atoms with Crippen LogP contribution >= 0.6 is 23.2 Å². The summed E-state index contributed by atoms with van der Waals surface area (Å²) in [4.78, 5) is 28.6. The van der Waals surface area contributed by atoms with Gasteiger partial charge in [0, 0.05) is 13.0 Å². The number of rotatable bonds is 4. The Morgan fingerprint density at radius 2 is 1.83 bits per heavy atom. The number of likely N-dealkylation sites (tertiary alicyclic amines) is 1. The van der Waals surface area contributed by atoms with Gasteiger partial charge in [-0.2, -0.15) is 0 Å². The predicted octanol–water partition coefficient (Wildman–Crippen LogP) is 4.09. The van der Waals surface area contributed by atoms with Crippen LogP contribution in [0.3, 0.4) is 0 Å². The van der Waals surface area contributed by atoms with Gasteiger partial charge >= 0.3 is 0 Å². The molecule has 6 heteroatoms. The summed E-state index contributed by atoms with van der Waals surface area (Å²) in [5.41, 5.74) is 0.582. The van der Waals surface area contributed by atoms with Crippen LogP contribution in [0.25, 0.3) is 0 Å². The van der Waals surface area contributed by atoms with E-state index in [1.54, 1.807) is 6.07 Å². The molecule has 3 rings (SSSR count). The predicted molar refractivity (Wildman–Crippen MR) is 94.8 cm³/mol. The topological polar surface area (TPSA) is 40.6 Å². The van der Waals surface area contributed by atoms with E-state index < -0.39 is 5.41 Å². The average molecular weight is 369 g/mol. The lowest BCUT2D eigenvalue weighted by Gasteiger charge is -2.31. The van der Waals surface area contributed by atoms with Crippen LogP contribution in [0, 0.1) is 5.41 Å². The van der Waals surface area contributed by atoms with Crippen LogP contribution in [0.5, 0.6) is 0 Å². The zero-order chi connectivity index (χ0) is 17.3. The zero-order valence-corrected chi connectivity index (χ0v) is 15.4. The van der Waals surface area contributed by atoms with E-state index in [9.17, 15) is 9.59 Å². The maximum Gasteiger partial charge on any atom is 0.237 e. The number of nitrogens with zero attached hydrogens (tertiary/aromatic N) is 2. The van der Waals surface area contributed by atoms with E-state index in [-0.39, 0.29) is 11.8 Å². The third-order valence-corrected chi connectivity index (χ3v) is 5.86. The van der Waals surface area contributed by atoms with Crippen LogP contribution in [0.4, 0.5) is 0 Å².